The van der Waals surface area contributed by atoms with Gasteiger partial charge < -0.3 is 19.9 Å². The van der Waals surface area contributed by atoms with Crippen LogP contribution >= 0.6 is 11.3 Å². The quantitative estimate of drug-likeness (QED) is 0.740. The number of amides is 3. The Morgan fingerprint density at radius 3 is 2.25 bits per heavy atom. The first-order valence-corrected chi connectivity index (χ1v) is 11.7. The predicted octanol–water partition coefficient (Wildman–Crippen LogP) is 2.66. The maximum absolute atomic E-state index is 12.8. The lowest BCUT2D eigenvalue weighted by atomic mass is 9.94. The van der Waals surface area contributed by atoms with Gasteiger partial charge in [0.25, 0.3) is 11.8 Å². The molecule has 2 aliphatic rings. The molecule has 3 amide bonds. The number of methoxy groups -OCH3 is 1. The van der Waals surface area contributed by atoms with Gasteiger partial charge in [0.1, 0.15) is 5.75 Å². The summed E-state index contributed by atoms with van der Waals surface area (Å²) >= 11 is 0.974. The Morgan fingerprint density at radius 2 is 1.59 bits per heavy atom. The number of aromatic nitrogens is 2. The van der Waals surface area contributed by atoms with Crippen molar-refractivity contribution >= 4 is 34.7 Å². The summed E-state index contributed by atoms with van der Waals surface area (Å²) < 4.78 is 5.10. The van der Waals surface area contributed by atoms with Crippen molar-refractivity contribution < 1.29 is 19.1 Å². The summed E-state index contributed by atoms with van der Waals surface area (Å²) in [5.41, 5.74) is 0.597. The number of hydrogen-bond donors (Lipinski definition) is 1. The Bertz CT molecular complexity index is 963. The zero-order valence-corrected chi connectivity index (χ0v) is 18.9. The number of hydrogen-bond acceptors (Lipinski definition) is 7. The van der Waals surface area contributed by atoms with Gasteiger partial charge in [-0.05, 0) is 56.4 Å². The minimum Gasteiger partial charge on any atom is -0.497 e. The molecule has 10 heteroatoms. The van der Waals surface area contributed by atoms with Crippen LogP contribution in [-0.2, 0) is 4.79 Å². The van der Waals surface area contributed by atoms with Crippen LogP contribution in [0.15, 0.2) is 24.3 Å². The van der Waals surface area contributed by atoms with Gasteiger partial charge in [0.05, 0.1) is 7.11 Å². The molecule has 4 rings (SSSR count). The van der Waals surface area contributed by atoms with E-state index in [1.807, 2.05) is 4.90 Å². The number of nitrogens with one attached hydrogen (secondary N) is 1. The topological polar surface area (TPSA) is 105 Å². The number of rotatable bonds is 5. The fourth-order valence-corrected chi connectivity index (χ4v) is 4.80. The number of piperidine rings is 2. The van der Waals surface area contributed by atoms with Gasteiger partial charge in [-0.25, -0.2) is 0 Å². The highest BCUT2D eigenvalue weighted by Gasteiger charge is 2.32. The summed E-state index contributed by atoms with van der Waals surface area (Å²) in [4.78, 5) is 41.7. The largest absolute Gasteiger partial charge is 0.497 e. The summed E-state index contributed by atoms with van der Waals surface area (Å²) in [7, 11) is 1.57. The average molecular weight is 458 g/mol. The first kappa shape index (κ1) is 22.2. The molecule has 2 aliphatic heterocycles. The highest BCUT2D eigenvalue weighted by Crippen LogP contribution is 2.24. The lowest BCUT2D eigenvalue weighted by Gasteiger charge is -2.35. The van der Waals surface area contributed by atoms with E-state index < -0.39 is 5.91 Å². The Morgan fingerprint density at radius 1 is 0.938 bits per heavy atom. The summed E-state index contributed by atoms with van der Waals surface area (Å²) in [6.45, 7) is 2.72. The van der Waals surface area contributed by atoms with Crippen LogP contribution in [-0.4, -0.2) is 71.0 Å². The molecule has 0 spiro atoms. The maximum Gasteiger partial charge on any atom is 0.286 e. The minimum atomic E-state index is -0.419. The second kappa shape index (κ2) is 10.1. The Kier molecular flexibility index (Phi) is 6.99. The SMILES string of the molecule is COc1ccc(NC(=O)c2nnc(C(=O)N3CCC(C(=O)N4CCCCC4)CC3)s2)cc1. The fraction of sp³-hybridized carbons (Fsp3) is 0.500. The molecule has 2 aromatic rings. The molecule has 0 bridgehead atoms. The molecule has 0 unspecified atom stereocenters. The number of anilines is 1. The van der Waals surface area contributed by atoms with Crippen molar-refractivity contribution in [2.45, 2.75) is 32.1 Å². The summed E-state index contributed by atoms with van der Waals surface area (Å²) in [5.74, 6) is 0.239. The molecule has 2 fully saturated rings. The molecular formula is C22H27N5O4S. The number of carbonyl (C=O) groups is 3. The van der Waals surface area contributed by atoms with Crippen LogP contribution in [0.3, 0.4) is 0 Å². The van der Waals surface area contributed by atoms with Crippen molar-refractivity contribution in [2.24, 2.45) is 5.92 Å². The van der Waals surface area contributed by atoms with Gasteiger partial charge in [-0.2, -0.15) is 0 Å². The number of ether oxygens (including phenoxy) is 1. The second-order valence-electron chi connectivity index (χ2n) is 8.05. The molecule has 1 aromatic carbocycles. The lowest BCUT2D eigenvalue weighted by Crippen LogP contribution is -2.45. The first-order valence-electron chi connectivity index (χ1n) is 10.9. The summed E-state index contributed by atoms with van der Waals surface area (Å²) in [6, 6.07) is 6.92. The van der Waals surface area contributed by atoms with Crippen molar-refractivity contribution in [3.05, 3.63) is 34.3 Å². The average Bonchev–Trinajstić information content (AvgIpc) is 3.35. The van der Waals surface area contributed by atoms with Crippen molar-refractivity contribution in [1.82, 2.24) is 20.0 Å². The van der Waals surface area contributed by atoms with Gasteiger partial charge in [0.15, 0.2) is 0 Å². The van der Waals surface area contributed by atoms with Gasteiger partial charge >= 0.3 is 0 Å². The number of nitrogens with zero attached hydrogens (tertiary/aromatic N) is 4. The zero-order valence-electron chi connectivity index (χ0n) is 18.1. The van der Waals surface area contributed by atoms with Crippen LogP contribution < -0.4 is 10.1 Å². The molecule has 3 heterocycles. The summed E-state index contributed by atoms with van der Waals surface area (Å²) in [5, 5.41) is 10.9. The van der Waals surface area contributed by atoms with E-state index >= 15 is 0 Å². The molecule has 0 aliphatic carbocycles. The third kappa shape index (κ3) is 5.07. The van der Waals surface area contributed by atoms with Gasteiger partial charge in [-0.1, -0.05) is 11.3 Å². The van der Waals surface area contributed by atoms with Gasteiger partial charge in [-0.15, -0.1) is 10.2 Å². The summed E-state index contributed by atoms with van der Waals surface area (Å²) in [6.07, 6.45) is 4.66. The van der Waals surface area contributed by atoms with E-state index in [1.54, 1.807) is 36.3 Å². The van der Waals surface area contributed by atoms with E-state index in [-0.39, 0.29) is 27.7 Å². The zero-order chi connectivity index (χ0) is 22.5. The lowest BCUT2D eigenvalue weighted by molar-refractivity contribution is -0.137. The smallest absolute Gasteiger partial charge is 0.286 e. The highest BCUT2D eigenvalue weighted by molar-refractivity contribution is 7.15. The fourth-order valence-electron chi connectivity index (χ4n) is 4.10. The number of carbonyl (C=O) groups excluding carboxylic acids is 3. The van der Waals surface area contributed by atoms with E-state index in [4.69, 9.17) is 4.74 Å². The van der Waals surface area contributed by atoms with Crippen molar-refractivity contribution in [2.75, 3.05) is 38.6 Å². The monoisotopic (exact) mass is 457 g/mol. The highest BCUT2D eigenvalue weighted by atomic mass is 32.1. The maximum atomic E-state index is 12.8. The minimum absolute atomic E-state index is 0.0163. The van der Waals surface area contributed by atoms with Crippen LogP contribution in [0.25, 0.3) is 0 Å². The van der Waals surface area contributed by atoms with Gasteiger partial charge in [-0.3, -0.25) is 14.4 Å². The third-order valence-electron chi connectivity index (χ3n) is 5.95. The first-order chi connectivity index (χ1) is 15.5. The molecule has 32 heavy (non-hydrogen) atoms. The van der Waals surface area contributed by atoms with Crippen LogP contribution in [0, 0.1) is 5.92 Å². The molecule has 1 aromatic heterocycles. The number of benzene rings is 1. The van der Waals surface area contributed by atoms with Crippen molar-refractivity contribution in [1.29, 1.82) is 0 Å². The van der Waals surface area contributed by atoms with E-state index in [0.29, 0.717) is 37.4 Å². The van der Waals surface area contributed by atoms with E-state index in [1.165, 1.54) is 6.42 Å². The molecule has 0 atom stereocenters. The molecule has 0 saturated carbocycles. The second-order valence-corrected chi connectivity index (χ2v) is 9.02. The van der Waals surface area contributed by atoms with Crippen LogP contribution in [0.4, 0.5) is 5.69 Å². The molecule has 9 nitrogen and oxygen atoms in total. The Labute approximate surface area is 190 Å². The Balaban J connectivity index is 1.30. The molecule has 170 valence electrons. The van der Waals surface area contributed by atoms with E-state index in [0.717, 1.165) is 37.3 Å². The van der Waals surface area contributed by atoms with Crippen LogP contribution in [0.1, 0.15) is 51.7 Å². The van der Waals surface area contributed by atoms with E-state index in [9.17, 15) is 14.4 Å². The Hall–Kier alpha value is -3.01. The predicted molar refractivity (Wildman–Crippen MR) is 120 cm³/mol. The third-order valence-corrected chi connectivity index (χ3v) is 6.86. The van der Waals surface area contributed by atoms with Crippen molar-refractivity contribution in [3.63, 3.8) is 0 Å². The van der Waals surface area contributed by atoms with Gasteiger partial charge in [0, 0.05) is 37.8 Å². The molecular weight excluding hydrogens is 430 g/mol. The van der Waals surface area contributed by atoms with Crippen LogP contribution in [0.2, 0.25) is 0 Å². The van der Waals surface area contributed by atoms with Gasteiger partial charge in [0.2, 0.25) is 15.9 Å². The number of likely N-dealkylation sites (tertiary alicyclic amines) is 2. The standard InChI is InChI=1S/C22H27N5O4S/c1-31-17-7-5-16(6-8-17)23-18(28)19-24-25-20(32-19)22(30)27-13-9-15(10-14-27)21(29)26-11-3-2-4-12-26/h5-8,15H,2-4,9-14H2,1H3,(H,23,28). The molecule has 1 N–H and O–H groups in total. The van der Waals surface area contributed by atoms with E-state index in [2.05, 4.69) is 15.5 Å². The molecule has 2 saturated heterocycles. The van der Waals surface area contributed by atoms with Crippen molar-refractivity contribution in [3.8, 4) is 5.75 Å². The van der Waals surface area contributed by atoms with Crippen LogP contribution in [0.5, 0.6) is 5.75 Å². The molecule has 0 radical (unpaired) electrons. The normalized spacial score (nSPS) is 17.2.